The number of hydrogen-bond donors (Lipinski definition) is 3. The Morgan fingerprint density at radius 3 is 2.33 bits per heavy atom. The highest BCUT2D eigenvalue weighted by Gasteiger charge is 2.23. The molecule has 10 heteroatoms. The lowest BCUT2D eigenvalue weighted by Crippen LogP contribution is -2.44. The summed E-state index contributed by atoms with van der Waals surface area (Å²) in [5, 5.41) is 5.61. The molecule has 1 unspecified atom stereocenters. The van der Waals surface area contributed by atoms with Crippen molar-refractivity contribution in [3.8, 4) is 0 Å². The van der Waals surface area contributed by atoms with E-state index in [-0.39, 0.29) is 16.5 Å². The number of sulfonamides is 1. The van der Waals surface area contributed by atoms with Crippen LogP contribution in [0, 0.1) is 5.92 Å². The molecular weight excluding hydrogens is 430 g/mol. The minimum Gasteiger partial charge on any atom is -0.453 e. The van der Waals surface area contributed by atoms with Gasteiger partial charge in [-0.3, -0.25) is 9.52 Å². The largest absolute Gasteiger partial charge is 0.453 e. The van der Waals surface area contributed by atoms with Gasteiger partial charge in [-0.1, -0.05) is 31.5 Å². The SMILES string of the molecule is COC(=O)NC(CC(C)C)C(=O)Nc1cccc(S(=O)(=O)Nc2ccc(Cl)cc2)c1. The summed E-state index contributed by atoms with van der Waals surface area (Å²) in [6.45, 7) is 3.82. The van der Waals surface area contributed by atoms with Crippen LogP contribution in [0.5, 0.6) is 0 Å². The number of rotatable bonds is 8. The molecule has 0 aliphatic carbocycles. The lowest BCUT2D eigenvalue weighted by molar-refractivity contribution is -0.118. The Balaban J connectivity index is 2.17. The maximum atomic E-state index is 12.7. The van der Waals surface area contributed by atoms with Gasteiger partial charge in [0.05, 0.1) is 12.0 Å². The second kappa shape index (κ2) is 10.3. The summed E-state index contributed by atoms with van der Waals surface area (Å²) >= 11 is 5.82. The fourth-order valence-electron chi connectivity index (χ4n) is 2.61. The zero-order valence-corrected chi connectivity index (χ0v) is 18.4. The topological polar surface area (TPSA) is 114 Å². The third-order valence-corrected chi connectivity index (χ3v) is 5.64. The molecule has 3 N–H and O–H groups in total. The van der Waals surface area contributed by atoms with Crippen molar-refractivity contribution in [2.45, 2.75) is 31.2 Å². The summed E-state index contributed by atoms with van der Waals surface area (Å²) in [7, 11) is -2.67. The molecule has 0 bridgehead atoms. The monoisotopic (exact) mass is 453 g/mol. The van der Waals surface area contributed by atoms with Gasteiger partial charge in [0.1, 0.15) is 6.04 Å². The van der Waals surface area contributed by atoms with Crippen molar-refractivity contribution in [1.29, 1.82) is 0 Å². The quantitative estimate of drug-likeness (QED) is 0.561. The van der Waals surface area contributed by atoms with Crippen molar-refractivity contribution in [3.05, 3.63) is 53.6 Å². The number of alkyl carbamates (subject to hydrolysis) is 1. The van der Waals surface area contributed by atoms with Gasteiger partial charge in [-0.25, -0.2) is 13.2 Å². The second-order valence-electron chi connectivity index (χ2n) is 6.95. The lowest BCUT2D eigenvalue weighted by atomic mass is 10.0. The number of ether oxygens (including phenoxy) is 1. The van der Waals surface area contributed by atoms with Crippen molar-refractivity contribution in [2.24, 2.45) is 5.92 Å². The smallest absolute Gasteiger partial charge is 0.407 e. The minimum absolute atomic E-state index is 0.0309. The van der Waals surface area contributed by atoms with Crippen molar-refractivity contribution in [1.82, 2.24) is 5.32 Å². The van der Waals surface area contributed by atoms with Crippen LogP contribution in [-0.4, -0.2) is 33.6 Å². The Labute approximate surface area is 181 Å². The van der Waals surface area contributed by atoms with Gasteiger partial charge in [0.15, 0.2) is 0 Å². The molecule has 0 aromatic heterocycles. The van der Waals surface area contributed by atoms with Gasteiger partial charge in [0.2, 0.25) is 5.91 Å². The first-order chi connectivity index (χ1) is 14.1. The van der Waals surface area contributed by atoms with E-state index in [4.69, 9.17) is 11.6 Å². The summed E-state index contributed by atoms with van der Waals surface area (Å²) in [5.41, 5.74) is 0.632. The molecule has 0 radical (unpaired) electrons. The molecule has 30 heavy (non-hydrogen) atoms. The van der Waals surface area contributed by atoms with Crippen LogP contribution < -0.4 is 15.4 Å². The third kappa shape index (κ3) is 6.93. The number of benzene rings is 2. The summed E-state index contributed by atoms with van der Waals surface area (Å²) < 4.78 is 32.3. The normalized spacial score (nSPS) is 12.2. The maximum absolute atomic E-state index is 12.7. The van der Waals surface area contributed by atoms with Crippen LogP contribution in [0.1, 0.15) is 20.3 Å². The van der Waals surface area contributed by atoms with E-state index in [1.165, 1.54) is 25.3 Å². The predicted molar refractivity (Wildman–Crippen MR) is 116 cm³/mol. The Kier molecular flexibility index (Phi) is 8.08. The number of amides is 2. The highest BCUT2D eigenvalue weighted by atomic mass is 35.5. The Morgan fingerprint density at radius 2 is 1.73 bits per heavy atom. The highest BCUT2D eigenvalue weighted by Crippen LogP contribution is 2.21. The van der Waals surface area contributed by atoms with Gasteiger partial charge in [-0.15, -0.1) is 0 Å². The van der Waals surface area contributed by atoms with Crippen LogP contribution in [0.4, 0.5) is 16.2 Å². The van der Waals surface area contributed by atoms with Gasteiger partial charge in [-0.05, 0) is 54.8 Å². The van der Waals surface area contributed by atoms with E-state index in [1.54, 1.807) is 30.3 Å². The zero-order valence-electron chi connectivity index (χ0n) is 16.8. The highest BCUT2D eigenvalue weighted by molar-refractivity contribution is 7.92. The van der Waals surface area contributed by atoms with Crippen molar-refractivity contribution >= 4 is 45.0 Å². The molecule has 2 amide bonds. The first kappa shape index (κ1) is 23.5. The number of halogens is 1. The molecule has 1 atom stereocenters. The van der Waals surface area contributed by atoms with E-state index < -0.39 is 28.1 Å². The van der Waals surface area contributed by atoms with Gasteiger partial charge in [0, 0.05) is 16.4 Å². The Bertz CT molecular complexity index is 994. The fourth-order valence-corrected chi connectivity index (χ4v) is 3.84. The molecular formula is C20H24ClN3O5S. The fraction of sp³-hybridized carbons (Fsp3) is 0.300. The van der Waals surface area contributed by atoms with Gasteiger partial charge >= 0.3 is 6.09 Å². The van der Waals surface area contributed by atoms with E-state index in [9.17, 15) is 18.0 Å². The van der Waals surface area contributed by atoms with E-state index >= 15 is 0 Å². The predicted octanol–water partition coefficient (Wildman–Crippen LogP) is 3.85. The summed E-state index contributed by atoms with van der Waals surface area (Å²) in [5.74, 6) is -0.345. The average Bonchev–Trinajstić information content (AvgIpc) is 2.68. The average molecular weight is 454 g/mol. The van der Waals surface area contributed by atoms with Crippen LogP contribution in [-0.2, 0) is 19.6 Å². The Morgan fingerprint density at radius 1 is 1.07 bits per heavy atom. The number of carbonyl (C=O) groups excluding carboxylic acids is 2. The second-order valence-corrected chi connectivity index (χ2v) is 9.07. The van der Waals surface area contributed by atoms with Crippen LogP contribution in [0.2, 0.25) is 5.02 Å². The molecule has 0 aliphatic heterocycles. The summed E-state index contributed by atoms with van der Waals surface area (Å²) in [6, 6.07) is 11.2. The number of hydrogen-bond acceptors (Lipinski definition) is 5. The number of anilines is 2. The first-order valence-electron chi connectivity index (χ1n) is 9.14. The van der Waals surface area contributed by atoms with Crippen LogP contribution in [0.3, 0.4) is 0 Å². The number of carbonyl (C=O) groups is 2. The molecule has 0 saturated carbocycles. The molecule has 0 fully saturated rings. The summed E-state index contributed by atoms with van der Waals surface area (Å²) in [4.78, 5) is 24.1. The van der Waals surface area contributed by atoms with E-state index in [1.807, 2.05) is 13.8 Å². The number of methoxy groups -OCH3 is 1. The molecule has 2 aromatic rings. The van der Waals surface area contributed by atoms with E-state index in [0.717, 1.165) is 0 Å². The molecule has 8 nitrogen and oxygen atoms in total. The van der Waals surface area contributed by atoms with Gasteiger partial charge < -0.3 is 15.4 Å². The molecule has 162 valence electrons. The molecule has 2 rings (SSSR count). The van der Waals surface area contributed by atoms with Gasteiger partial charge in [-0.2, -0.15) is 0 Å². The first-order valence-corrected chi connectivity index (χ1v) is 11.0. The standard InChI is InChI=1S/C20H24ClN3O5S/c1-13(2)11-18(23-20(26)29-3)19(25)22-16-5-4-6-17(12-16)30(27,28)24-15-9-7-14(21)8-10-15/h4-10,12-13,18,24H,11H2,1-3H3,(H,22,25)(H,23,26). The third-order valence-electron chi connectivity index (χ3n) is 4.01. The van der Waals surface area contributed by atoms with E-state index in [2.05, 4.69) is 20.1 Å². The molecule has 0 spiro atoms. The maximum Gasteiger partial charge on any atom is 0.407 e. The minimum atomic E-state index is -3.88. The molecule has 0 aliphatic rings. The lowest BCUT2D eigenvalue weighted by Gasteiger charge is -2.19. The van der Waals surface area contributed by atoms with Crippen molar-refractivity contribution in [2.75, 3.05) is 17.1 Å². The Hall–Kier alpha value is -2.78. The summed E-state index contributed by atoms with van der Waals surface area (Å²) in [6.07, 6.45) is -0.337. The van der Waals surface area contributed by atoms with Gasteiger partial charge in [0.25, 0.3) is 10.0 Å². The van der Waals surface area contributed by atoms with Crippen molar-refractivity contribution < 1.29 is 22.7 Å². The zero-order chi connectivity index (χ0) is 22.3. The van der Waals surface area contributed by atoms with Crippen LogP contribution in [0.15, 0.2) is 53.4 Å². The van der Waals surface area contributed by atoms with Crippen LogP contribution in [0.25, 0.3) is 0 Å². The molecule has 0 heterocycles. The number of nitrogens with one attached hydrogen (secondary N) is 3. The van der Waals surface area contributed by atoms with Crippen molar-refractivity contribution in [3.63, 3.8) is 0 Å². The molecule has 0 saturated heterocycles. The molecule has 2 aromatic carbocycles. The van der Waals surface area contributed by atoms with Crippen LogP contribution >= 0.6 is 11.6 Å². The van der Waals surface area contributed by atoms with E-state index in [0.29, 0.717) is 17.1 Å².